The van der Waals surface area contributed by atoms with Crippen molar-refractivity contribution in [1.29, 1.82) is 0 Å². The Hall–Kier alpha value is -2.59. The summed E-state index contributed by atoms with van der Waals surface area (Å²) >= 11 is 5.79. The molecule has 21 heavy (non-hydrogen) atoms. The predicted octanol–water partition coefficient (Wildman–Crippen LogP) is 3.90. The Balaban J connectivity index is 1.80. The zero-order chi connectivity index (χ0) is 14.8. The second-order valence-electron chi connectivity index (χ2n) is 4.51. The number of rotatable bonds is 3. The monoisotopic (exact) mass is 298 g/mol. The number of nitrogens with one attached hydrogen (secondary N) is 1. The Morgan fingerprint density at radius 3 is 2.38 bits per heavy atom. The van der Waals surface area contributed by atoms with E-state index in [0.717, 1.165) is 5.69 Å². The summed E-state index contributed by atoms with van der Waals surface area (Å²) in [4.78, 5) is 12.1. The number of allylic oxidation sites excluding steroid dienone is 1. The Bertz CT molecular complexity index is 764. The van der Waals surface area contributed by atoms with Gasteiger partial charge in [-0.25, -0.2) is 0 Å². The molecule has 0 heterocycles. The molecule has 2 aromatic carbocycles. The van der Waals surface area contributed by atoms with Crippen LogP contribution in [0.1, 0.15) is 15.9 Å². The zero-order valence-electron chi connectivity index (χ0n) is 10.9. The molecular weight excluding hydrogens is 288 g/mol. The van der Waals surface area contributed by atoms with Gasteiger partial charge in [-0.1, -0.05) is 35.9 Å². The molecule has 2 N–H and O–H groups in total. The summed E-state index contributed by atoms with van der Waals surface area (Å²) in [5.41, 5.74) is 4.72. The molecular formula is C16H11ClN2O2. The van der Waals surface area contributed by atoms with Crippen molar-refractivity contribution < 1.29 is 9.90 Å². The number of benzene rings is 2. The summed E-state index contributed by atoms with van der Waals surface area (Å²) in [5, 5.41) is 14.7. The molecule has 0 radical (unpaired) electrons. The molecule has 3 rings (SSSR count). The minimum absolute atomic E-state index is 0.0442. The molecule has 0 aromatic heterocycles. The van der Waals surface area contributed by atoms with E-state index in [2.05, 4.69) is 10.5 Å². The number of hydrogen-bond donors (Lipinski definition) is 2. The van der Waals surface area contributed by atoms with Crippen LogP contribution in [0.2, 0.25) is 5.02 Å². The van der Waals surface area contributed by atoms with Crippen LogP contribution in [0.5, 0.6) is 0 Å². The molecule has 0 saturated carbocycles. The highest BCUT2D eigenvalue weighted by Crippen LogP contribution is 2.29. The van der Waals surface area contributed by atoms with Gasteiger partial charge >= 0.3 is 0 Å². The average Bonchev–Trinajstić information content (AvgIpc) is 2.75. The predicted molar refractivity (Wildman–Crippen MR) is 83.9 cm³/mol. The van der Waals surface area contributed by atoms with Gasteiger partial charge in [-0.2, -0.15) is 5.10 Å². The van der Waals surface area contributed by atoms with Crippen molar-refractivity contribution >= 4 is 35.0 Å². The highest BCUT2D eigenvalue weighted by Gasteiger charge is 2.27. The number of anilines is 1. The van der Waals surface area contributed by atoms with Crippen LogP contribution in [0.15, 0.2) is 59.2 Å². The number of fused-ring (bicyclic) bond motifs is 1. The summed E-state index contributed by atoms with van der Waals surface area (Å²) in [6.07, 6.45) is 1.33. The van der Waals surface area contributed by atoms with Crippen molar-refractivity contribution in [3.05, 3.63) is 70.3 Å². The lowest BCUT2D eigenvalue weighted by Gasteiger charge is -1.99. The topological polar surface area (TPSA) is 61.7 Å². The molecule has 0 bridgehead atoms. The van der Waals surface area contributed by atoms with Gasteiger partial charge in [0.05, 0.1) is 17.5 Å². The third-order valence-corrected chi connectivity index (χ3v) is 3.41. The molecule has 0 amide bonds. The highest BCUT2D eigenvalue weighted by molar-refractivity contribution is 6.31. The minimum atomic E-state index is -0.232. The fourth-order valence-electron chi connectivity index (χ4n) is 2.10. The van der Waals surface area contributed by atoms with Crippen molar-refractivity contribution in [3.8, 4) is 0 Å². The first-order valence-corrected chi connectivity index (χ1v) is 6.66. The number of hydrazone groups is 1. The van der Waals surface area contributed by atoms with Crippen LogP contribution >= 0.6 is 11.6 Å². The number of nitrogens with zero attached hydrogens (tertiary/aromatic N) is 1. The van der Waals surface area contributed by atoms with Crippen LogP contribution in [-0.4, -0.2) is 17.1 Å². The molecule has 1 aliphatic carbocycles. The number of Topliss-reactive ketones (excluding diaryl/α,β-unsaturated/α-hetero) is 1. The van der Waals surface area contributed by atoms with Crippen molar-refractivity contribution in [2.45, 2.75) is 0 Å². The molecule has 104 valence electrons. The van der Waals surface area contributed by atoms with Gasteiger partial charge in [0, 0.05) is 16.1 Å². The molecule has 0 atom stereocenters. The van der Waals surface area contributed by atoms with Crippen LogP contribution in [0.4, 0.5) is 5.69 Å². The fraction of sp³-hybridized carbons (Fsp3) is 0. The molecule has 5 heteroatoms. The van der Waals surface area contributed by atoms with E-state index in [9.17, 15) is 9.90 Å². The zero-order valence-corrected chi connectivity index (χ0v) is 11.6. The van der Waals surface area contributed by atoms with E-state index >= 15 is 0 Å². The molecule has 0 unspecified atom stereocenters. The largest absolute Gasteiger partial charge is 0.506 e. The maximum atomic E-state index is 12.1. The van der Waals surface area contributed by atoms with E-state index in [1.807, 2.05) is 0 Å². The van der Waals surface area contributed by atoms with E-state index < -0.39 is 0 Å². The molecule has 0 saturated heterocycles. The van der Waals surface area contributed by atoms with E-state index in [1.54, 1.807) is 48.5 Å². The standard InChI is InChI=1S/C16H11ClN2O2/c17-10-5-7-11(8-6-10)19-18-9-14-15(20)12-3-1-2-4-13(12)16(14)21/h1-9,19-20H/b18-9+. The number of ketones is 1. The van der Waals surface area contributed by atoms with Crippen LogP contribution in [0, 0.1) is 0 Å². The average molecular weight is 299 g/mol. The fourth-order valence-corrected chi connectivity index (χ4v) is 2.23. The highest BCUT2D eigenvalue weighted by atomic mass is 35.5. The van der Waals surface area contributed by atoms with Gasteiger partial charge in [0.2, 0.25) is 0 Å². The lowest BCUT2D eigenvalue weighted by Crippen LogP contribution is -2.01. The molecule has 4 nitrogen and oxygen atoms in total. The van der Waals surface area contributed by atoms with Crippen molar-refractivity contribution in [3.63, 3.8) is 0 Å². The molecule has 1 aliphatic rings. The Morgan fingerprint density at radius 1 is 1.05 bits per heavy atom. The van der Waals surface area contributed by atoms with E-state index in [-0.39, 0.29) is 17.1 Å². The first-order chi connectivity index (χ1) is 10.2. The van der Waals surface area contributed by atoms with Crippen molar-refractivity contribution in [1.82, 2.24) is 0 Å². The number of hydrogen-bond acceptors (Lipinski definition) is 4. The van der Waals surface area contributed by atoms with Gasteiger partial charge < -0.3 is 5.11 Å². The second-order valence-corrected chi connectivity index (χ2v) is 4.95. The summed E-state index contributed by atoms with van der Waals surface area (Å²) in [7, 11) is 0. The van der Waals surface area contributed by atoms with E-state index in [0.29, 0.717) is 16.1 Å². The van der Waals surface area contributed by atoms with Gasteiger partial charge in [-0.3, -0.25) is 10.2 Å². The smallest absolute Gasteiger partial charge is 0.199 e. The summed E-state index contributed by atoms with van der Waals surface area (Å²) < 4.78 is 0. The van der Waals surface area contributed by atoms with Crippen molar-refractivity contribution in [2.75, 3.05) is 5.43 Å². The summed E-state index contributed by atoms with van der Waals surface area (Å²) in [5.74, 6) is -0.276. The maximum absolute atomic E-state index is 12.1. The number of aliphatic hydroxyl groups is 1. The van der Waals surface area contributed by atoms with Crippen LogP contribution in [-0.2, 0) is 0 Å². The van der Waals surface area contributed by atoms with E-state index in [1.165, 1.54) is 6.21 Å². The van der Waals surface area contributed by atoms with Crippen LogP contribution < -0.4 is 5.43 Å². The van der Waals surface area contributed by atoms with Gasteiger partial charge in [0.15, 0.2) is 5.78 Å². The molecule has 2 aromatic rings. The first kappa shape index (κ1) is 13.4. The van der Waals surface area contributed by atoms with Gasteiger partial charge in [0.1, 0.15) is 5.76 Å². The number of aliphatic hydroxyl groups excluding tert-OH is 1. The molecule has 0 aliphatic heterocycles. The lowest BCUT2D eigenvalue weighted by molar-refractivity contribution is 0.104. The quantitative estimate of drug-likeness (QED) is 0.667. The number of carbonyl (C=O) groups excluding carboxylic acids is 1. The minimum Gasteiger partial charge on any atom is -0.506 e. The second kappa shape index (κ2) is 5.42. The lowest BCUT2D eigenvalue weighted by atomic mass is 10.1. The summed E-state index contributed by atoms with van der Waals surface area (Å²) in [6.45, 7) is 0. The van der Waals surface area contributed by atoms with Crippen molar-refractivity contribution in [2.24, 2.45) is 5.10 Å². The Kier molecular flexibility index (Phi) is 3.46. The number of halogens is 1. The first-order valence-electron chi connectivity index (χ1n) is 6.29. The SMILES string of the molecule is O=C1C(/C=N/Nc2ccc(Cl)cc2)=C(O)c2ccccc21. The normalized spacial score (nSPS) is 13.9. The van der Waals surface area contributed by atoms with E-state index in [4.69, 9.17) is 11.6 Å². The van der Waals surface area contributed by atoms with Crippen LogP contribution in [0.25, 0.3) is 5.76 Å². The van der Waals surface area contributed by atoms with Crippen LogP contribution in [0.3, 0.4) is 0 Å². The third kappa shape index (κ3) is 2.53. The number of carbonyl (C=O) groups is 1. The molecule has 0 spiro atoms. The van der Waals surface area contributed by atoms with Gasteiger partial charge in [-0.15, -0.1) is 0 Å². The van der Waals surface area contributed by atoms with Gasteiger partial charge in [0.25, 0.3) is 0 Å². The molecule has 0 fully saturated rings. The Labute approximate surface area is 126 Å². The Morgan fingerprint density at radius 2 is 1.71 bits per heavy atom. The van der Waals surface area contributed by atoms with Gasteiger partial charge in [-0.05, 0) is 24.3 Å². The third-order valence-electron chi connectivity index (χ3n) is 3.16. The summed E-state index contributed by atoms with van der Waals surface area (Å²) in [6, 6.07) is 13.9. The maximum Gasteiger partial charge on any atom is 0.199 e.